The topological polar surface area (TPSA) is 61.6 Å². The van der Waals surface area contributed by atoms with Crippen molar-refractivity contribution in [2.45, 2.75) is 45.3 Å². The molecular weight excluding hydrogens is 194 g/mol. The van der Waals surface area contributed by atoms with E-state index in [0.29, 0.717) is 18.9 Å². The molecule has 1 aliphatic rings. The molecule has 0 aromatic carbocycles. The van der Waals surface area contributed by atoms with Crippen LogP contribution in [0.1, 0.15) is 39.0 Å². The quantitative estimate of drug-likeness (QED) is 0.729. The molecule has 1 rings (SSSR count). The van der Waals surface area contributed by atoms with E-state index in [4.69, 9.17) is 15.2 Å². The molecule has 88 valence electrons. The van der Waals surface area contributed by atoms with Gasteiger partial charge in [-0.3, -0.25) is 4.79 Å². The Morgan fingerprint density at radius 3 is 3.00 bits per heavy atom. The van der Waals surface area contributed by atoms with E-state index in [2.05, 4.69) is 6.92 Å². The highest BCUT2D eigenvalue weighted by Crippen LogP contribution is 2.15. The van der Waals surface area contributed by atoms with Crippen LogP contribution >= 0.6 is 0 Å². The molecule has 0 aliphatic carbocycles. The molecule has 4 heteroatoms. The highest BCUT2D eigenvalue weighted by molar-refractivity contribution is 5.73. The summed E-state index contributed by atoms with van der Waals surface area (Å²) in [5, 5.41) is 0. The third kappa shape index (κ3) is 5.74. The molecule has 0 radical (unpaired) electrons. The molecule has 0 bridgehead atoms. The SMILES string of the molecule is CC(CCC(N)=O)COC1CCCCO1. The van der Waals surface area contributed by atoms with Crippen molar-refractivity contribution in [3.05, 3.63) is 0 Å². The van der Waals surface area contributed by atoms with E-state index < -0.39 is 0 Å². The van der Waals surface area contributed by atoms with Gasteiger partial charge >= 0.3 is 0 Å². The Hall–Kier alpha value is -0.610. The van der Waals surface area contributed by atoms with Crippen LogP contribution in [0.15, 0.2) is 0 Å². The third-order valence-electron chi connectivity index (χ3n) is 2.59. The number of hydrogen-bond donors (Lipinski definition) is 1. The third-order valence-corrected chi connectivity index (χ3v) is 2.59. The molecule has 0 saturated carbocycles. The van der Waals surface area contributed by atoms with Gasteiger partial charge in [0.1, 0.15) is 0 Å². The summed E-state index contributed by atoms with van der Waals surface area (Å²) in [4.78, 5) is 10.6. The normalized spacial score (nSPS) is 23.7. The summed E-state index contributed by atoms with van der Waals surface area (Å²) >= 11 is 0. The summed E-state index contributed by atoms with van der Waals surface area (Å²) < 4.78 is 11.0. The van der Waals surface area contributed by atoms with Gasteiger partial charge in [-0.1, -0.05) is 6.92 Å². The molecule has 2 unspecified atom stereocenters. The number of carbonyl (C=O) groups is 1. The van der Waals surface area contributed by atoms with Crippen LogP contribution < -0.4 is 5.73 Å². The Morgan fingerprint density at radius 2 is 2.40 bits per heavy atom. The molecule has 0 aromatic rings. The standard InChI is InChI=1S/C11H21NO3/c1-9(5-6-10(12)13)8-15-11-4-2-3-7-14-11/h9,11H,2-8H2,1H3,(H2,12,13). The van der Waals surface area contributed by atoms with Crippen molar-refractivity contribution in [3.63, 3.8) is 0 Å². The maximum atomic E-state index is 10.6. The lowest BCUT2D eigenvalue weighted by Gasteiger charge is -2.24. The Bertz CT molecular complexity index is 190. The van der Waals surface area contributed by atoms with Gasteiger partial charge in [0.25, 0.3) is 0 Å². The number of hydrogen-bond acceptors (Lipinski definition) is 3. The van der Waals surface area contributed by atoms with E-state index >= 15 is 0 Å². The molecule has 4 nitrogen and oxygen atoms in total. The Labute approximate surface area is 91.1 Å². The lowest BCUT2D eigenvalue weighted by atomic mass is 10.1. The van der Waals surface area contributed by atoms with Crippen LogP contribution in [-0.4, -0.2) is 25.4 Å². The van der Waals surface area contributed by atoms with Crippen LogP contribution in [-0.2, 0) is 14.3 Å². The van der Waals surface area contributed by atoms with E-state index in [1.54, 1.807) is 0 Å². The first-order valence-electron chi connectivity index (χ1n) is 5.70. The van der Waals surface area contributed by atoms with Crippen molar-refractivity contribution in [1.29, 1.82) is 0 Å². The first-order chi connectivity index (χ1) is 7.18. The summed E-state index contributed by atoms with van der Waals surface area (Å²) in [5.74, 6) is 0.124. The van der Waals surface area contributed by atoms with Crippen LogP contribution in [0.3, 0.4) is 0 Å². The zero-order chi connectivity index (χ0) is 11.1. The van der Waals surface area contributed by atoms with Gasteiger partial charge in [-0.25, -0.2) is 0 Å². The second-order valence-corrected chi connectivity index (χ2v) is 4.24. The van der Waals surface area contributed by atoms with Crippen molar-refractivity contribution >= 4 is 5.91 Å². The average Bonchev–Trinajstić information content (AvgIpc) is 2.25. The molecule has 0 aromatic heterocycles. The Balaban J connectivity index is 2.04. The van der Waals surface area contributed by atoms with E-state index in [0.717, 1.165) is 25.9 Å². The fraction of sp³-hybridized carbons (Fsp3) is 0.909. The smallest absolute Gasteiger partial charge is 0.217 e. The van der Waals surface area contributed by atoms with Crippen LogP contribution in [0.2, 0.25) is 0 Å². The number of amides is 1. The van der Waals surface area contributed by atoms with Crippen LogP contribution in [0.4, 0.5) is 0 Å². The second-order valence-electron chi connectivity index (χ2n) is 4.24. The highest BCUT2D eigenvalue weighted by atomic mass is 16.7. The molecule has 2 atom stereocenters. The predicted octanol–water partition coefficient (Wildman–Crippen LogP) is 1.43. The van der Waals surface area contributed by atoms with Crippen molar-refractivity contribution < 1.29 is 14.3 Å². The fourth-order valence-electron chi connectivity index (χ4n) is 1.59. The van der Waals surface area contributed by atoms with Gasteiger partial charge in [0, 0.05) is 13.0 Å². The van der Waals surface area contributed by atoms with Crippen LogP contribution in [0.5, 0.6) is 0 Å². The summed E-state index contributed by atoms with van der Waals surface area (Å²) in [5.41, 5.74) is 5.08. The molecule has 1 fully saturated rings. The first-order valence-corrected chi connectivity index (χ1v) is 5.70. The Kier molecular flexibility index (Phi) is 5.65. The lowest BCUT2D eigenvalue weighted by Crippen LogP contribution is -2.24. The summed E-state index contributed by atoms with van der Waals surface area (Å²) in [6.45, 7) is 3.52. The molecule has 1 heterocycles. The van der Waals surface area contributed by atoms with Gasteiger partial charge in [0.15, 0.2) is 6.29 Å². The number of nitrogens with two attached hydrogens (primary N) is 1. The lowest BCUT2D eigenvalue weighted by molar-refractivity contribution is -0.168. The van der Waals surface area contributed by atoms with Gasteiger partial charge < -0.3 is 15.2 Å². The van der Waals surface area contributed by atoms with Crippen molar-refractivity contribution in [2.24, 2.45) is 11.7 Å². The summed E-state index contributed by atoms with van der Waals surface area (Å²) in [6.07, 6.45) is 4.51. The van der Waals surface area contributed by atoms with E-state index in [-0.39, 0.29) is 12.2 Å². The Morgan fingerprint density at radius 1 is 1.60 bits per heavy atom. The molecule has 0 spiro atoms. The fourth-order valence-corrected chi connectivity index (χ4v) is 1.59. The molecule has 2 N–H and O–H groups in total. The van der Waals surface area contributed by atoms with Gasteiger partial charge in [-0.15, -0.1) is 0 Å². The van der Waals surface area contributed by atoms with Gasteiger partial charge in [0.05, 0.1) is 6.61 Å². The van der Waals surface area contributed by atoms with Gasteiger partial charge in [0.2, 0.25) is 5.91 Å². The monoisotopic (exact) mass is 215 g/mol. The predicted molar refractivity (Wildman–Crippen MR) is 57.1 cm³/mol. The minimum Gasteiger partial charge on any atom is -0.370 e. The van der Waals surface area contributed by atoms with Gasteiger partial charge in [-0.05, 0) is 31.6 Å². The number of rotatable bonds is 6. The molecule has 15 heavy (non-hydrogen) atoms. The van der Waals surface area contributed by atoms with Crippen molar-refractivity contribution in [2.75, 3.05) is 13.2 Å². The summed E-state index contributed by atoms with van der Waals surface area (Å²) in [7, 11) is 0. The maximum Gasteiger partial charge on any atom is 0.217 e. The van der Waals surface area contributed by atoms with Crippen LogP contribution in [0, 0.1) is 5.92 Å². The minimum absolute atomic E-state index is 0.0326. The van der Waals surface area contributed by atoms with E-state index in [1.165, 1.54) is 6.42 Å². The molecule has 1 aliphatic heterocycles. The molecule has 1 saturated heterocycles. The number of primary amides is 1. The van der Waals surface area contributed by atoms with Gasteiger partial charge in [-0.2, -0.15) is 0 Å². The summed E-state index contributed by atoms with van der Waals surface area (Å²) in [6, 6.07) is 0. The van der Waals surface area contributed by atoms with Crippen LogP contribution in [0.25, 0.3) is 0 Å². The van der Waals surface area contributed by atoms with Crippen molar-refractivity contribution in [1.82, 2.24) is 0 Å². The zero-order valence-corrected chi connectivity index (χ0v) is 9.41. The largest absolute Gasteiger partial charge is 0.370 e. The number of ether oxygens (including phenoxy) is 2. The van der Waals surface area contributed by atoms with Crippen molar-refractivity contribution in [3.8, 4) is 0 Å². The average molecular weight is 215 g/mol. The number of carbonyl (C=O) groups excluding carboxylic acids is 1. The maximum absolute atomic E-state index is 10.6. The highest BCUT2D eigenvalue weighted by Gasteiger charge is 2.15. The second kappa shape index (κ2) is 6.80. The molecular formula is C11H21NO3. The van der Waals surface area contributed by atoms with E-state index in [9.17, 15) is 4.79 Å². The first kappa shape index (κ1) is 12.5. The van der Waals surface area contributed by atoms with E-state index in [1.807, 2.05) is 0 Å². The zero-order valence-electron chi connectivity index (χ0n) is 9.41. The molecule has 1 amide bonds. The minimum atomic E-state index is -0.240.